The van der Waals surface area contributed by atoms with Gasteiger partial charge in [0.2, 0.25) is 0 Å². The van der Waals surface area contributed by atoms with Crippen molar-refractivity contribution in [1.82, 2.24) is 5.32 Å². The van der Waals surface area contributed by atoms with E-state index in [2.05, 4.69) is 11.1 Å². The smallest absolute Gasteiger partial charge is 0.312 e. The van der Waals surface area contributed by atoms with Crippen LogP contribution in [0, 0.1) is 0 Å². The van der Waals surface area contributed by atoms with Crippen LogP contribution in [0.3, 0.4) is 0 Å². The van der Waals surface area contributed by atoms with Crippen molar-refractivity contribution in [2.45, 2.75) is 0 Å². The van der Waals surface area contributed by atoms with Gasteiger partial charge in [0.1, 0.15) is 0 Å². The minimum Gasteiger partial charge on any atom is -0.395 e. The molecule has 0 aliphatic carbocycles. The number of primary amides is 1. The van der Waals surface area contributed by atoms with Crippen LogP contribution >= 0.6 is 0 Å². The molecule has 0 spiro atoms. The summed E-state index contributed by atoms with van der Waals surface area (Å²) in [5.74, 6) is 0. The third-order valence-corrected chi connectivity index (χ3v) is 0.411. The molecule has 0 aromatic heterocycles. The topological polar surface area (TPSA) is 75.4 Å². The summed E-state index contributed by atoms with van der Waals surface area (Å²) in [6, 6.07) is -0.603. The molecular formula is C3H8FeN2O2. The van der Waals surface area contributed by atoms with E-state index in [1.54, 1.807) is 0 Å². The predicted molar refractivity (Wildman–Crippen MR) is 24.7 cm³/mol. The maximum Gasteiger partial charge on any atom is 0.312 e. The van der Waals surface area contributed by atoms with Gasteiger partial charge in [-0.3, -0.25) is 0 Å². The summed E-state index contributed by atoms with van der Waals surface area (Å²) in [6.45, 7) is 0.165. The molecule has 0 heterocycles. The van der Waals surface area contributed by atoms with E-state index in [4.69, 9.17) is 5.11 Å². The summed E-state index contributed by atoms with van der Waals surface area (Å²) in [5, 5.41) is 10.2. The van der Waals surface area contributed by atoms with E-state index < -0.39 is 6.03 Å². The fraction of sp³-hybridized carbons (Fsp3) is 0.667. The Morgan fingerprint density at radius 2 is 2.25 bits per heavy atom. The van der Waals surface area contributed by atoms with Crippen molar-refractivity contribution < 1.29 is 27.0 Å². The van der Waals surface area contributed by atoms with E-state index in [9.17, 15) is 4.79 Å². The van der Waals surface area contributed by atoms with Gasteiger partial charge in [-0.1, -0.05) is 0 Å². The Morgan fingerprint density at radius 3 is 2.38 bits per heavy atom. The van der Waals surface area contributed by atoms with Gasteiger partial charge in [0.25, 0.3) is 0 Å². The van der Waals surface area contributed by atoms with Gasteiger partial charge in [-0.25, -0.2) is 4.79 Å². The molecule has 4 nitrogen and oxygen atoms in total. The number of rotatable bonds is 2. The Morgan fingerprint density at radius 1 is 1.75 bits per heavy atom. The number of aliphatic hydroxyl groups excluding tert-OH is 1. The monoisotopic (exact) mass is 160 g/mol. The van der Waals surface area contributed by atoms with Gasteiger partial charge in [0, 0.05) is 23.6 Å². The maximum atomic E-state index is 9.76. The van der Waals surface area contributed by atoms with Crippen molar-refractivity contribution in [3.05, 3.63) is 0 Å². The van der Waals surface area contributed by atoms with Gasteiger partial charge in [-0.05, 0) is 0 Å². The van der Waals surface area contributed by atoms with Crippen molar-refractivity contribution >= 4 is 6.03 Å². The second-order valence-electron chi connectivity index (χ2n) is 1.01. The van der Waals surface area contributed by atoms with Crippen molar-refractivity contribution in [2.75, 3.05) is 13.2 Å². The molecule has 5 heteroatoms. The molecule has 8 heavy (non-hydrogen) atoms. The summed E-state index contributed by atoms with van der Waals surface area (Å²) in [5.41, 5.74) is 4.62. The Labute approximate surface area is 57.9 Å². The Balaban J connectivity index is 0. The minimum atomic E-state index is -0.603. The molecule has 0 unspecified atom stereocenters. The molecule has 50 valence electrons. The van der Waals surface area contributed by atoms with Gasteiger partial charge < -0.3 is 16.2 Å². The number of aliphatic hydroxyl groups is 1. The number of nitrogens with two attached hydrogens (primary N) is 1. The zero-order chi connectivity index (χ0) is 5.70. The van der Waals surface area contributed by atoms with E-state index >= 15 is 0 Å². The van der Waals surface area contributed by atoms with Crippen LogP contribution in [0.4, 0.5) is 4.79 Å². The van der Waals surface area contributed by atoms with Crippen LogP contribution in [0.2, 0.25) is 0 Å². The van der Waals surface area contributed by atoms with Gasteiger partial charge in [-0.2, -0.15) is 0 Å². The molecule has 0 saturated carbocycles. The van der Waals surface area contributed by atoms with Crippen molar-refractivity contribution in [1.29, 1.82) is 0 Å². The van der Waals surface area contributed by atoms with Crippen LogP contribution in [0.25, 0.3) is 0 Å². The maximum absolute atomic E-state index is 9.76. The second-order valence-corrected chi connectivity index (χ2v) is 1.01. The normalized spacial score (nSPS) is 7.12. The first kappa shape index (κ1) is 10.7. The molecule has 0 aliphatic heterocycles. The molecule has 0 atom stereocenters. The molecule has 0 aromatic rings. The van der Waals surface area contributed by atoms with Gasteiger partial charge in [0.05, 0.1) is 6.61 Å². The Kier molecular flexibility index (Phi) is 9.01. The molecule has 0 rings (SSSR count). The van der Waals surface area contributed by atoms with Crippen LogP contribution < -0.4 is 11.1 Å². The van der Waals surface area contributed by atoms with E-state index in [-0.39, 0.29) is 30.2 Å². The molecule has 4 N–H and O–H groups in total. The molecule has 0 radical (unpaired) electrons. The van der Waals surface area contributed by atoms with E-state index in [0.717, 1.165) is 0 Å². The van der Waals surface area contributed by atoms with Gasteiger partial charge in [0.15, 0.2) is 0 Å². The van der Waals surface area contributed by atoms with Crippen LogP contribution in [0.5, 0.6) is 0 Å². The first-order valence-corrected chi connectivity index (χ1v) is 1.91. The second kappa shape index (κ2) is 6.75. The van der Waals surface area contributed by atoms with E-state index in [1.807, 2.05) is 0 Å². The minimum absolute atomic E-state index is 0. The summed E-state index contributed by atoms with van der Waals surface area (Å²) in [6.07, 6.45) is 0. The van der Waals surface area contributed by atoms with Crippen LogP contribution in [0.15, 0.2) is 0 Å². The molecule has 0 aliphatic rings. The van der Waals surface area contributed by atoms with Crippen molar-refractivity contribution in [3.63, 3.8) is 0 Å². The number of carbonyl (C=O) groups excluding carboxylic acids is 1. The largest absolute Gasteiger partial charge is 0.395 e. The molecule has 0 fully saturated rings. The molecule has 2 amide bonds. The number of hydrogen-bond acceptors (Lipinski definition) is 2. The summed E-state index contributed by atoms with van der Waals surface area (Å²) in [7, 11) is 0. The average molecular weight is 160 g/mol. The fourth-order valence-corrected chi connectivity index (χ4v) is 0.179. The predicted octanol–water partition coefficient (Wildman–Crippen LogP) is -1.36. The fourth-order valence-electron chi connectivity index (χ4n) is 0.179. The average Bonchev–Trinajstić information content (AvgIpc) is 1.61. The Hall–Kier alpha value is -0.251. The summed E-state index contributed by atoms with van der Waals surface area (Å²) in [4.78, 5) is 9.76. The summed E-state index contributed by atoms with van der Waals surface area (Å²) >= 11 is 0. The van der Waals surface area contributed by atoms with Crippen LogP contribution in [0.1, 0.15) is 0 Å². The standard InChI is InChI=1S/C3H8N2O2.Fe/c4-3(7)5-1-2-6;/h6H,1-2H2,(H3,4,5,7);. The quantitative estimate of drug-likeness (QED) is 0.436. The first-order chi connectivity index (χ1) is 3.27. The van der Waals surface area contributed by atoms with Gasteiger partial charge >= 0.3 is 6.03 Å². The Bertz CT molecular complexity index is 68.3. The van der Waals surface area contributed by atoms with E-state index in [1.165, 1.54) is 0 Å². The molecule has 0 bridgehead atoms. The van der Waals surface area contributed by atoms with E-state index in [0.29, 0.717) is 0 Å². The number of carbonyl (C=O) groups is 1. The number of hydrogen-bond donors (Lipinski definition) is 3. The number of nitrogens with one attached hydrogen (secondary N) is 1. The first-order valence-electron chi connectivity index (χ1n) is 1.91. The van der Waals surface area contributed by atoms with Gasteiger partial charge in [-0.15, -0.1) is 0 Å². The van der Waals surface area contributed by atoms with Crippen molar-refractivity contribution in [3.8, 4) is 0 Å². The third-order valence-electron chi connectivity index (χ3n) is 0.411. The third kappa shape index (κ3) is 9.23. The molecule has 0 aromatic carbocycles. The molecular weight excluding hydrogens is 152 g/mol. The van der Waals surface area contributed by atoms with Crippen molar-refractivity contribution in [2.24, 2.45) is 5.73 Å². The zero-order valence-electron chi connectivity index (χ0n) is 4.20. The summed E-state index contributed by atoms with van der Waals surface area (Å²) < 4.78 is 0. The zero-order valence-corrected chi connectivity index (χ0v) is 5.30. The number of urea groups is 1. The SMILES string of the molecule is NC(=O)NCCO.[Fe]. The molecule has 0 saturated heterocycles. The van der Waals surface area contributed by atoms with Crippen LogP contribution in [-0.2, 0) is 17.1 Å². The van der Waals surface area contributed by atoms with Crippen LogP contribution in [-0.4, -0.2) is 24.3 Å². The number of amides is 2.